The Morgan fingerprint density at radius 1 is 1.07 bits per heavy atom. The van der Waals surface area contributed by atoms with Gasteiger partial charge >= 0.3 is 5.97 Å². The molecule has 1 aliphatic rings. The minimum absolute atomic E-state index is 0.187. The first-order valence-electron chi connectivity index (χ1n) is 10.7. The van der Waals surface area contributed by atoms with Crippen LogP contribution in [0.25, 0.3) is 21.9 Å². The maximum Gasteiger partial charge on any atom is 0.305 e. The lowest BCUT2D eigenvalue weighted by Gasteiger charge is -2.23. The second-order valence-electron chi connectivity index (χ2n) is 8.26. The number of rotatable bonds is 6. The first-order chi connectivity index (χ1) is 14.5. The Balaban J connectivity index is 1.76. The van der Waals surface area contributed by atoms with Crippen molar-refractivity contribution in [1.82, 2.24) is 0 Å². The molecule has 1 saturated carbocycles. The number of carbonyl (C=O) groups is 1. The average Bonchev–Trinajstić information content (AvgIpc) is 3.17. The topological polar surface area (TPSA) is 61.5 Å². The molecule has 0 radical (unpaired) electrons. The fraction of sp³-hybridized carbons (Fsp3) is 0.346. The normalized spacial score (nSPS) is 18.5. The van der Waals surface area contributed by atoms with Gasteiger partial charge in [-0.25, -0.2) is 0 Å². The maximum atomic E-state index is 11.6. The van der Waals surface area contributed by atoms with Crippen molar-refractivity contribution < 1.29 is 14.3 Å². The van der Waals surface area contributed by atoms with Crippen LogP contribution in [0.1, 0.15) is 38.2 Å². The van der Waals surface area contributed by atoms with E-state index in [0.29, 0.717) is 24.4 Å². The van der Waals surface area contributed by atoms with E-state index in [1.807, 2.05) is 18.2 Å². The summed E-state index contributed by atoms with van der Waals surface area (Å²) in [4.78, 5) is 11.6. The number of ether oxygens (including phenoxy) is 2. The number of hydrogen-bond donors (Lipinski definition) is 1. The summed E-state index contributed by atoms with van der Waals surface area (Å²) >= 11 is 0. The Morgan fingerprint density at radius 2 is 1.87 bits per heavy atom. The molecule has 4 heteroatoms. The van der Waals surface area contributed by atoms with Gasteiger partial charge in [0, 0.05) is 12.0 Å². The predicted molar refractivity (Wildman–Crippen MR) is 122 cm³/mol. The second-order valence-corrected chi connectivity index (χ2v) is 8.26. The SMILES string of the molecule is COC(=O)CCc1cc(N)c(OC2CCCC2C)c(-c2ccc3ccccc3c2)c1. The highest BCUT2D eigenvalue weighted by Gasteiger charge is 2.27. The highest BCUT2D eigenvalue weighted by atomic mass is 16.5. The van der Waals surface area contributed by atoms with Gasteiger partial charge in [-0.15, -0.1) is 0 Å². The third-order valence-corrected chi connectivity index (χ3v) is 6.14. The Labute approximate surface area is 178 Å². The van der Waals surface area contributed by atoms with E-state index in [1.54, 1.807) is 0 Å². The predicted octanol–water partition coefficient (Wildman–Crippen LogP) is 5.76. The zero-order valence-corrected chi connectivity index (χ0v) is 17.7. The van der Waals surface area contributed by atoms with Crippen molar-refractivity contribution in [2.24, 2.45) is 5.92 Å². The summed E-state index contributed by atoms with van der Waals surface area (Å²) in [6.07, 6.45) is 4.53. The molecule has 0 heterocycles. The molecule has 0 aliphatic heterocycles. The van der Waals surface area contributed by atoms with E-state index in [4.69, 9.17) is 15.2 Å². The molecular weight excluding hydrogens is 374 g/mol. The summed E-state index contributed by atoms with van der Waals surface area (Å²) in [6, 6.07) is 18.8. The van der Waals surface area contributed by atoms with Gasteiger partial charge in [-0.3, -0.25) is 4.79 Å². The largest absolute Gasteiger partial charge is 0.487 e. The number of nitrogen functional groups attached to an aromatic ring is 1. The number of aryl methyl sites for hydroxylation is 1. The molecule has 3 aromatic rings. The highest BCUT2D eigenvalue weighted by Crippen LogP contribution is 2.41. The van der Waals surface area contributed by atoms with Crippen LogP contribution in [0.4, 0.5) is 5.69 Å². The number of hydrogen-bond acceptors (Lipinski definition) is 4. The molecule has 4 nitrogen and oxygen atoms in total. The summed E-state index contributed by atoms with van der Waals surface area (Å²) in [6.45, 7) is 2.24. The Kier molecular flexibility index (Phi) is 5.93. The van der Waals surface area contributed by atoms with Gasteiger partial charge in [0.15, 0.2) is 0 Å². The fourth-order valence-corrected chi connectivity index (χ4v) is 4.35. The van der Waals surface area contributed by atoms with Gasteiger partial charge < -0.3 is 15.2 Å². The molecular formula is C26H29NO3. The molecule has 2 atom stereocenters. The van der Waals surface area contributed by atoms with Crippen molar-refractivity contribution in [2.45, 2.75) is 45.1 Å². The number of nitrogens with two attached hydrogens (primary N) is 1. The van der Waals surface area contributed by atoms with E-state index in [-0.39, 0.29) is 12.1 Å². The first-order valence-corrected chi connectivity index (χ1v) is 10.7. The summed E-state index contributed by atoms with van der Waals surface area (Å²) < 4.78 is 11.3. The van der Waals surface area contributed by atoms with Gasteiger partial charge in [0.1, 0.15) is 11.9 Å². The van der Waals surface area contributed by atoms with Crippen molar-refractivity contribution >= 4 is 22.4 Å². The minimum atomic E-state index is -0.221. The molecule has 0 saturated heterocycles. The van der Waals surface area contributed by atoms with Gasteiger partial charge in [0.25, 0.3) is 0 Å². The van der Waals surface area contributed by atoms with Gasteiger partial charge in [-0.2, -0.15) is 0 Å². The maximum absolute atomic E-state index is 11.6. The van der Waals surface area contributed by atoms with Crippen molar-refractivity contribution in [3.63, 3.8) is 0 Å². The fourth-order valence-electron chi connectivity index (χ4n) is 4.35. The van der Waals surface area contributed by atoms with Gasteiger partial charge in [0.2, 0.25) is 0 Å². The summed E-state index contributed by atoms with van der Waals surface area (Å²) in [5, 5.41) is 2.37. The van der Waals surface area contributed by atoms with Crippen LogP contribution in [0.2, 0.25) is 0 Å². The first kappa shape index (κ1) is 20.3. The van der Waals surface area contributed by atoms with E-state index in [9.17, 15) is 4.79 Å². The van der Waals surface area contributed by atoms with Crippen LogP contribution in [0.15, 0.2) is 54.6 Å². The Bertz CT molecular complexity index is 1060. The minimum Gasteiger partial charge on any atom is -0.487 e. The molecule has 30 heavy (non-hydrogen) atoms. The summed E-state index contributed by atoms with van der Waals surface area (Å²) in [7, 11) is 1.41. The van der Waals surface area contributed by atoms with Crippen LogP contribution in [0.3, 0.4) is 0 Å². The standard InChI is InChI=1S/C26H29NO3/c1-17-6-5-9-24(17)30-26-22(14-18(15-23(26)27)10-13-25(28)29-2)21-12-11-19-7-3-4-8-20(19)16-21/h3-4,7-8,11-12,14-17,24H,5-6,9-10,13,27H2,1-2H3. The molecule has 0 aromatic heterocycles. The lowest BCUT2D eigenvalue weighted by atomic mass is 9.96. The quantitative estimate of drug-likeness (QED) is 0.420. The molecule has 2 unspecified atom stereocenters. The molecule has 2 N–H and O–H groups in total. The monoisotopic (exact) mass is 403 g/mol. The van der Waals surface area contributed by atoms with Gasteiger partial charge in [-0.05, 0) is 71.7 Å². The molecule has 0 spiro atoms. The van der Waals surface area contributed by atoms with Crippen molar-refractivity contribution in [1.29, 1.82) is 0 Å². The molecule has 3 aromatic carbocycles. The highest BCUT2D eigenvalue weighted by molar-refractivity contribution is 5.89. The van der Waals surface area contributed by atoms with E-state index < -0.39 is 0 Å². The summed E-state index contributed by atoms with van der Waals surface area (Å²) in [5.74, 6) is 1.06. The number of carbonyl (C=O) groups excluding carboxylic acids is 1. The zero-order chi connectivity index (χ0) is 21.1. The number of methoxy groups -OCH3 is 1. The Hall–Kier alpha value is -3.01. The zero-order valence-electron chi connectivity index (χ0n) is 17.7. The lowest BCUT2D eigenvalue weighted by Crippen LogP contribution is -2.20. The average molecular weight is 404 g/mol. The van der Waals surface area contributed by atoms with Crippen LogP contribution >= 0.6 is 0 Å². The number of fused-ring (bicyclic) bond motifs is 1. The number of anilines is 1. The smallest absolute Gasteiger partial charge is 0.305 e. The van der Waals surface area contributed by atoms with E-state index >= 15 is 0 Å². The molecule has 0 bridgehead atoms. The number of benzene rings is 3. The number of esters is 1. The van der Waals surface area contributed by atoms with E-state index in [1.165, 1.54) is 30.7 Å². The Morgan fingerprint density at radius 3 is 2.60 bits per heavy atom. The molecule has 156 valence electrons. The second kappa shape index (κ2) is 8.78. The summed E-state index contributed by atoms with van der Waals surface area (Å²) in [5.41, 5.74) is 10.2. The van der Waals surface area contributed by atoms with Crippen molar-refractivity contribution in [3.05, 3.63) is 60.2 Å². The molecule has 1 aliphatic carbocycles. The van der Waals surface area contributed by atoms with Crippen LogP contribution < -0.4 is 10.5 Å². The van der Waals surface area contributed by atoms with Crippen molar-refractivity contribution in [2.75, 3.05) is 12.8 Å². The third-order valence-electron chi connectivity index (χ3n) is 6.14. The van der Waals surface area contributed by atoms with Crippen LogP contribution in [0, 0.1) is 5.92 Å². The third kappa shape index (κ3) is 4.28. The van der Waals surface area contributed by atoms with Gasteiger partial charge in [-0.1, -0.05) is 43.3 Å². The lowest BCUT2D eigenvalue weighted by molar-refractivity contribution is -0.140. The molecule has 1 fully saturated rings. The molecule has 4 rings (SSSR count). The van der Waals surface area contributed by atoms with Crippen molar-refractivity contribution in [3.8, 4) is 16.9 Å². The van der Waals surface area contributed by atoms with Gasteiger partial charge in [0.05, 0.1) is 12.8 Å². The van der Waals surface area contributed by atoms with Crippen LogP contribution in [0.5, 0.6) is 5.75 Å². The molecule has 0 amide bonds. The van der Waals surface area contributed by atoms with Crippen LogP contribution in [-0.4, -0.2) is 19.2 Å². The van der Waals surface area contributed by atoms with E-state index in [2.05, 4.69) is 43.3 Å². The van der Waals surface area contributed by atoms with E-state index in [0.717, 1.165) is 28.9 Å². The van der Waals surface area contributed by atoms with Crippen LogP contribution in [-0.2, 0) is 16.0 Å².